The standard InChI is InChI=1S/C15H12ClN3OS/c16-9-12-10-21-15(17-12)18-14(20)11-3-5-13(6-4-11)19-7-1-2-8-19/h1-8,10H,9H2,(H,17,18,20). The summed E-state index contributed by atoms with van der Waals surface area (Å²) in [6, 6.07) is 11.3. The van der Waals surface area contributed by atoms with E-state index in [2.05, 4.69) is 10.3 Å². The number of aromatic nitrogens is 2. The zero-order valence-electron chi connectivity index (χ0n) is 11.0. The Labute approximate surface area is 131 Å². The maximum absolute atomic E-state index is 12.1. The van der Waals surface area contributed by atoms with Gasteiger partial charge < -0.3 is 4.57 Å². The van der Waals surface area contributed by atoms with E-state index in [9.17, 15) is 4.79 Å². The molecule has 0 aliphatic carbocycles. The second-order valence-electron chi connectivity index (χ2n) is 4.37. The lowest BCUT2D eigenvalue weighted by atomic mass is 10.2. The van der Waals surface area contributed by atoms with Gasteiger partial charge in [0.15, 0.2) is 5.13 Å². The van der Waals surface area contributed by atoms with Gasteiger partial charge in [-0.1, -0.05) is 0 Å². The van der Waals surface area contributed by atoms with Gasteiger partial charge in [-0.05, 0) is 36.4 Å². The molecule has 0 radical (unpaired) electrons. The average molecular weight is 318 g/mol. The van der Waals surface area contributed by atoms with Crippen molar-refractivity contribution < 1.29 is 4.79 Å². The van der Waals surface area contributed by atoms with Crippen LogP contribution in [0.3, 0.4) is 0 Å². The fraction of sp³-hybridized carbons (Fsp3) is 0.0667. The van der Waals surface area contributed by atoms with Crippen LogP contribution in [0.15, 0.2) is 54.2 Å². The van der Waals surface area contributed by atoms with Crippen LogP contribution in [0.25, 0.3) is 5.69 Å². The van der Waals surface area contributed by atoms with Gasteiger partial charge in [0.1, 0.15) is 0 Å². The second kappa shape index (κ2) is 6.11. The van der Waals surface area contributed by atoms with Crippen molar-refractivity contribution >= 4 is 34.0 Å². The van der Waals surface area contributed by atoms with Gasteiger partial charge in [-0.2, -0.15) is 0 Å². The van der Waals surface area contributed by atoms with E-state index in [0.717, 1.165) is 11.4 Å². The number of carbonyl (C=O) groups is 1. The predicted molar refractivity (Wildman–Crippen MR) is 85.4 cm³/mol. The number of benzene rings is 1. The monoisotopic (exact) mass is 317 g/mol. The number of hydrogen-bond donors (Lipinski definition) is 1. The lowest BCUT2D eigenvalue weighted by Crippen LogP contribution is -2.11. The van der Waals surface area contributed by atoms with Gasteiger partial charge in [0, 0.05) is 29.0 Å². The molecule has 2 aromatic heterocycles. The van der Waals surface area contributed by atoms with Gasteiger partial charge in [-0.3, -0.25) is 10.1 Å². The molecule has 3 rings (SSSR count). The first kappa shape index (κ1) is 13.9. The Morgan fingerprint density at radius 2 is 1.95 bits per heavy atom. The van der Waals surface area contributed by atoms with Gasteiger partial charge in [0.05, 0.1) is 11.6 Å². The van der Waals surface area contributed by atoms with Gasteiger partial charge in [-0.15, -0.1) is 22.9 Å². The van der Waals surface area contributed by atoms with Crippen LogP contribution in [0, 0.1) is 0 Å². The molecule has 6 heteroatoms. The fourth-order valence-electron chi connectivity index (χ4n) is 1.89. The Morgan fingerprint density at radius 3 is 2.57 bits per heavy atom. The molecule has 0 unspecified atom stereocenters. The summed E-state index contributed by atoms with van der Waals surface area (Å²) in [7, 11) is 0. The maximum atomic E-state index is 12.1. The molecule has 0 fully saturated rings. The normalized spacial score (nSPS) is 10.5. The van der Waals surface area contributed by atoms with Crippen LogP contribution in [0.2, 0.25) is 0 Å². The van der Waals surface area contributed by atoms with Crippen molar-refractivity contribution in [2.75, 3.05) is 5.32 Å². The van der Waals surface area contributed by atoms with Crippen LogP contribution in [-0.2, 0) is 5.88 Å². The zero-order valence-corrected chi connectivity index (χ0v) is 12.6. The van der Waals surface area contributed by atoms with Crippen molar-refractivity contribution in [1.82, 2.24) is 9.55 Å². The van der Waals surface area contributed by atoms with Crippen molar-refractivity contribution in [2.24, 2.45) is 0 Å². The van der Waals surface area contributed by atoms with Crippen molar-refractivity contribution in [2.45, 2.75) is 5.88 Å². The number of nitrogens with zero attached hydrogens (tertiary/aromatic N) is 2. The summed E-state index contributed by atoms with van der Waals surface area (Å²) in [4.78, 5) is 16.3. The molecular weight excluding hydrogens is 306 g/mol. The zero-order chi connectivity index (χ0) is 14.7. The van der Waals surface area contributed by atoms with E-state index in [1.165, 1.54) is 11.3 Å². The van der Waals surface area contributed by atoms with Crippen LogP contribution >= 0.6 is 22.9 Å². The van der Waals surface area contributed by atoms with Crippen molar-refractivity contribution in [1.29, 1.82) is 0 Å². The minimum atomic E-state index is -0.176. The molecule has 106 valence electrons. The molecule has 1 amide bonds. The van der Waals surface area contributed by atoms with E-state index in [4.69, 9.17) is 11.6 Å². The topological polar surface area (TPSA) is 46.9 Å². The number of nitrogens with one attached hydrogen (secondary N) is 1. The quantitative estimate of drug-likeness (QED) is 0.741. The summed E-state index contributed by atoms with van der Waals surface area (Å²) in [5, 5.41) is 5.16. The van der Waals surface area contributed by atoms with E-state index in [0.29, 0.717) is 16.6 Å². The SMILES string of the molecule is O=C(Nc1nc(CCl)cs1)c1ccc(-n2cccc2)cc1. The number of amides is 1. The third kappa shape index (κ3) is 3.15. The molecule has 0 bridgehead atoms. The Hall–Kier alpha value is -2.11. The average Bonchev–Trinajstić information content (AvgIpc) is 3.19. The molecule has 0 aliphatic heterocycles. The molecule has 0 aliphatic rings. The summed E-state index contributed by atoms with van der Waals surface area (Å²) in [5.74, 6) is 0.169. The highest BCUT2D eigenvalue weighted by molar-refractivity contribution is 7.14. The van der Waals surface area contributed by atoms with Gasteiger partial charge >= 0.3 is 0 Å². The van der Waals surface area contributed by atoms with Crippen molar-refractivity contribution in [3.05, 3.63) is 65.4 Å². The first-order valence-corrected chi connectivity index (χ1v) is 7.73. The molecule has 0 saturated heterocycles. The van der Waals surface area contributed by atoms with Crippen LogP contribution in [0.5, 0.6) is 0 Å². The number of halogens is 1. The first-order valence-electron chi connectivity index (χ1n) is 6.31. The Balaban J connectivity index is 1.73. The Kier molecular flexibility index (Phi) is 4.03. The number of hydrogen-bond acceptors (Lipinski definition) is 3. The second-order valence-corrected chi connectivity index (χ2v) is 5.49. The molecule has 2 heterocycles. The lowest BCUT2D eigenvalue weighted by Gasteiger charge is -2.05. The van der Waals surface area contributed by atoms with E-state index in [-0.39, 0.29) is 5.91 Å². The number of anilines is 1. The predicted octanol–water partition coefficient (Wildman–Crippen LogP) is 3.92. The fourth-order valence-corrected chi connectivity index (χ4v) is 2.82. The van der Waals surface area contributed by atoms with Gasteiger partial charge in [-0.25, -0.2) is 4.98 Å². The number of carbonyl (C=O) groups excluding carboxylic acids is 1. The summed E-state index contributed by atoms with van der Waals surface area (Å²) in [5.41, 5.74) is 2.36. The largest absolute Gasteiger partial charge is 0.324 e. The molecule has 0 spiro atoms. The summed E-state index contributed by atoms with van der Waals surface area (Å²) in [6.45, 7) is 0. The Morgan fingerprint density at radius 1 is 1.24 bits per heavy atom. The third-order valence-corrected chi connectivity index (χ3v) is 4.02. The van der Waals surface area contributed by atoms with Gasteiger partial charge in [0.25, 0.3) is 5.91 Å². The molecule has 21 heavy (non-hydrogen) atoms. The first-order chi connectivity index (χ1) is 10.3. The van der Waals surface area contributed by atoms with Crippen LogP contribution in [-0.4, -0.2) is 15.5 Å². The molecule has 4 nitrogen and oxygen atoms in total. The molecule has 0 atom stereocenters. The van der Waals surface area contributed by atoms with Crippen molar-refractivity contribution in [3.8, 4) is 5.69 Å². The minimum absolute atomic E-state index is 0.176. The number of rotatable bonds is 4. The summed E-state index contributed by atoms with van der Waals surface area (Å²) >= 11 is 7.06. The van der Waals surface area contributed by atoms with Crippen LogP contribution < -0.4 is 5.32 Å². The Bertz CT molecular complexity index is 735. The molecule has 0 saturated carbocycles. The highest BCUT2D eigenvalue weighted by Crippen LogP contribution is 2.18. The summed E-state index contributed by atoms with van der Waals surface area (Å²) < 4.78 is 1.98. The molecular formula is C15H12ClN3OS. The van der Waals surface area contributed by atoms with E-state index in [1.807, 2.05) is 46.6 Å². The lowest BCUT2D eigenvalue weighted by molar-refractivity contribution is 0.102. The summed E-state index contributed by atoms with van der Waals surface area (Å²) in [6.07, 6.45) is 3.91. The minimum Gasteiger partial charge on any atom is -0.324 e. The van der Waals surface area contributed by atoms with Crippen LogP contribution in [0.4, 0.5) is 5.13 Å². The highest BCUT2D eigenvalue weighted by Gasteiger charge is 2.09. The van der Waals surface area contributed by atoms with E-state index in [1.54, 1.807) is 12.1 Å². The number of thiazole rings is 1. The van der Waals surface area contributed by atoms with Gasteiger partial charge in [0.2, 0.25) is 0 Å². The number of alkyl halides is 1. The van der Waals surface area contributed by atoms with E-state index < -0.39 is 0 Å². The third-order valence-electron chi connectivity index (χ3n) is 2.94. The van der Waals surface area contributed by atoms with Crippen LogP contribution in [0.1, 0.15) is 16.1 Å². The van der Waals surface area contributed by atoms with Crippen molar-refractivity contribution in [3.63, 3.8) is 0 Å². The molecule has 1 aromatic carbocycles. The molecule has 1 N–H and O–H groups in total. The molecule has 3 aromatic rings. The maximum Gasteiger partial charge on any atom is 0.257 e. The van der Waals surface area contributed by atoms with E-state index >= 15 is 0 Å². The highest BCUT2D eigenvalue weighted by atomic mass is 35.5. The smallest absolute Gasteiger partial charge is 0.257 e.